The van der Waals surface area contributed by atoms with Crippen molar-refractivity contribution >= 4 is 17.8 Å². The van der Waals surface area contributed by atoms with Crippen LogP contribution in [-0.2, 0) is 23.9 Å². The number of carboxylic acid groups (broad SMARTS) is 1. The zero-order valence-electron chi connectivity index (χ0n) is 12.3. The highest BCUT2D eigenvalue weighted by Gasteiger charge is 2.20. The molecule has 0 aromatic carbocycles. The molecule has 1 amide bonds. The Balaban J connectivity index is 4.52. The number of amides is 1. The second-order valence-corrected chi connectivity index (χ2v) is 4.42. The number of carboxylic acids is 1. The molecule has 7 nitrogen and oxygen atoms in total. The minimum atomic E-state index is -1.14. The molecular weight excluding hydrogens is 266 g/mol. The minimum absolute atomic E-state index is 0.151. The lowest BCUT2D eigenvalue weighted by atomic mass is 10.0. The molecule has 0 rings (SSSR count). The molecule has 0 saturated heterocycles. The summed E-state index contributed by atoms with van der Waals surface area (Å²) < 4.78 is 9.31. The van der Waals surface area contributed by atoms with E-state index in [1.165, 1.54) is 12.0 Å². The summed E-state index contributed by atoms with van der Waals surface area (Å²) in [6, 6.07) is 0. The van der Waals surface area contributed by atoms with Crippen LogP contribution in [0, 0.1) is 5.92 Å². The smallest absolute Gasteiger partial charge is 0.329 e. The standard InChI is InChI=1S/C13H23NO6/c1-4-10(5-2)6-14(7-13(18)19-3)11(15)8-20-9-12(16)17/h10H,4-9H2,1-3H3,(H,16,17). The first-order chi connectivity index (χ1) is 9.44. The largest absolute Gasteiger partial charge is 0.480 e. The van der Waals surface area contributed by atoms with Gasteiger partial charge in [0, 0.05) is 6.54 Å². The summed E-state index contributed by atoms with van der Waals surface area (Å²) in [6.07, 6.45) is 1.77. The highest BCUT2D eigenvalue weighted by Crippen LogP contribution is 2.10. The Morgan fingerprint density at radius 2 is 1.75 bits per heavy atom. The highest BCUT2D eigenvalue weighted by atomic mass is 16.5. The molecule has 0 aromatic rings. The maximum absolute atomic E-state index is 11.9. The molecule has 0 aromatic heterocycles. The maximum atomic E-state index is 11.9. The van der Waals surface area contributed by atoms with Gasteiger partial charge in [0.1, 0.15) is 19.8 Å². The Bertz CT molecular complexity index is 327. The van der Waals surface area contributed by atoms with Gasteiger partial charge in [-0.1, -0.05) is 26.7 Å². The number of carbonyl (C=O) groups is 3. The van der Waals surface area contributed by atoms with Gasteiger partial charge in [-0.15, -0.1) is 0 Å². The number of esters is 1. The first-order valence-corrected chi connectivity index (χ1v) is 6.58. The van der Waals surface area contributed by atoms with Crippen molar-refractivity contribution < 1.29 is 29.0 Å². The quantitative estimate of drug-likeness (QED) is 0.589. The average Bonchev–Trinajstić information content (AvgIpc) is 2.42. The summed E-state index contributed by atoms with van der Waals surface area (Å²) in [4.78, 5) is 34.9. The van der Waals surface area contributed by atoms with Crippen molar-refractivity contribution in [2.24, 2.45) is 5.92 Å². The van der Waals surface area contributed by atoms with Gasteiger partial charge in [-0.05, 0) is 5.92 Å². The fraction of sp³-hybridized carbons (Fsp3) is 0.769. The van der Waals surface area contributed by atoms with E-state index in [9.17, 15) is 14.4 Å². The molecule has 0 saturated carbocycles. The Hall–Kier alpha value is -1.63. The molecule has 20 heavy (non-hydrogen) atoms. The molecule has 7 heteroatoms. The first kappa shape index (κ1) is 18.4. The lowest BCUT2D eigenvalue weighted by molar-refractivity contribution is -0.151. The van der Waals surface area contributed by atoms with Crippen molar-refractivity contribution in [3.63, 3.8) is 0 Å². The molecule has 0 radical (unpaired) electrons. The van der Waals surface area contributed by atoms with Crippen molar-refractivity contribution in [1.82, 2.24) is 4.90 Å². The van der Waals surface area contributed by atoms with Crippen molar-refractivity contribution in [2.75, 3.05) is 33.4 Å². The van der Waals surface area contributed by atoms with Gasteiger partial charge >= 0.3 is 11.9 Å². The third-order valence-electron chi connectivity index (χ3n) is 2.98. The van der Waals surface area contributed by atoms with E-state index >= 15 is 0 Å². The topological polar surface area (TPSA) is 93.1 Å². The first-order valence-electron chi connectivity index (χ1n) is 6.58. The number of aliphatic carboxylic acids is 1. The van der Waals surface area contributed by atoms with Gasteiger partial charge in [0.2, 0.25) is 5.91 Å². The summed E-state index contributed by atoms with van der Waals surface area (Å²) >= 11 is 0. The number of hydrogen-bond donors (Lipinski definition) is 1. The van der Waals surface area contributed by atoms with Crippen LogP contribution >= 0.6 is 0 Å². The lowest BCUT2D eigenvalue weighted by Crippen LogP contribution is -2.41. The predicted octanol–water partition coefficient (Wildman–Crippen LogP) is 0.525. The van der Waals surface area contributed by atoms with Crippen LogP contribution in [0.25, 0.3) is 0 Å². The Morgan fingerprint density at radius 1 is 1.15 bits per heavy atom. The zero-order valence-corrected chi connectivity index (χ0v) is 12.3. The van der Waals surface area contributed by atoms with Crippen LogP contribution in [0.1, 0.15) is 26.7 Å². The van der Waals surface area contributed by atoms with E-state index in [0.717, 1.165) is 12.8 Å². The molecule has 0 aliphatic carbocycles. The molecular formula is C13H23NO6. The second kappa shape index (κ2) is 10.2. The van der Waals surface area contributed by atoms with E-state index in [1.807, 2.05) is 13.8 Å². The molecule has 0 spiro atoms. The van der Waals surface area contributed by atoms with Gasteiger partial charge in [-0.3, -0.25) is 9.59 Å². The molecule has 0 unspecified atom stereocenters. The third kappa shape index (κ3) is 7.73. The fourth-order valence-corrected chi connectivity index (χ4v) is 1.65. The van der Waals surface area contributed by atoms with Gasteiger partial charge in [0.05, 0.1) is 7.11 Å². The molecule has 0 heterocycles. The van der Waals surface area contributed by atoms with E-state index in [0.29, 0.717) is 6.54 Å². The molecule has 0 aliphatic rings. The summed E-state index contributed by atoms with van der Waals surface area (Å²) in [7, 11) is 1.25. The Morgan fingerprint density at radius 3 is 2.20 bits per heavy atom. The third-order valence-corrected chi connectivity index (χ3v) is 2.98. The maximum Gasteiger partial charge on any atom is 0.329 e. The fourth-order valence-electron chi connectivity index (χ4n) is 1.65. The zero-order chi connectivity index (χ0) is 15.5. The minimum Gasteiger partial charge on any atom is -0.480 e. The average molecular weight is 289 g/mol. The van der Waals surface area contributed by atoms with Crippen molar-refractivity contribution in [1.29, 1.82) is 0 Å². The van der Waals surface area contributed by atoms with E-state index in [2.05, 4.69) is 4.74 Å². The van der Waals surface area contributed by atoms with Crippen LogP contribution in [0.15, 0.2) is 0 Å². The van der Waals surface area contributed by atoms with E-state index < -0.39 is 24.5 Å². The molecule has 0 aliphatic heterocycles. The number of nitrogens with zero attached hydrogens (tertiary/aromatic N) is 1. The van der Waals surface area contributed by atoms with Crippen molar-refractivity contribution in [2.45, 2.75) is 26.7 Å². The van der Waals surface area contributed by atoms with Gasteiger partial charge < -0.3 is 19.5 Å². The van der Waals surface area contributed by atoms with Crippen LogP contribution in [0.2, 0.25) is 0 Å². The molecule has 0 atom stereocenters. The Kier molecular flexibility index (Phi) is 9.36. The van der Waals surface area contributed by atoms with Crippen molar-refractivity contribution in [3.05, 3.63) is 0 Å². The number of ether oxygens (including phenoxy) is 2. The van der Waals surface area contributed by atoms with Crippen LogP contribution in [0.3, 0.4) is 0 Å². The van der Waals surface area contributed by atoms with Crippen molar-refractivity contribution in [3.8, 4) is 0 Å². The molecule has 0 bridgehead atoms. The number of hydrogen-bond acceptors (Lipinski definition) is 5. The summed E-state index contributed by atoms with van der Waals surface area (Å²) in [5.74, 6) is -1.79. The van der Waals surface area contributed by atoms with E-state index in [1.54, 1.807) is 0 Å². The molecule has 0 fully saturated rings. The van der Waals surface area contributed by atoms with Gasteiger partial charge in [-0.2, -0.15) is 0 Å². The van der Waals surface area contributed by atoms with Crippen LogP contribution in [0.5, 0.6) is 0 Å². The summed E-state index contributed by atoms with van der Waals surface area (Å²) in [5.41, 5.74) is 0. The number of methoxy groups -OCH3 is 1. The van der Waals surface area contributed by atoms with Gasteiger partial charge in [0.25, 0.3) is 0 Å². The van der Waals surface area contributed by atoms with E-state index in [4.69, 9.17) is 9.84 Å². The SMILES string of the molecule is CCC(CC)CN(CC(=O)OC)C(=O)COCC(=O)O. The summed E-state index contributed by atoms with van der Waals surface area (Å²) in [6.45, 7) is 3.40. The molecule has 116 valence electrons. The number of rotatable bonds is 10. The molecule has 1 N–H and O–H groups in total. The second-order valence-electron chi connectivity index (χ2n) is 4.42. The van der Waals surface area contributed by atoms with Crippen LogP contribution in [0.4, 0.5) is 0 Å². The predicted molar refractivity (Wildman–Crippen MR) is 71.1 cm³/mol. The van der Waals surface area contributed by atoms with Crippen LogP contribution < -0.4 is 0 Å². The normalized spacial score (nSPS) is 10.4. The number of carbonyl (C=O) groups excluding carboxylic acids is 2. The van der Waals surface area contributed by atoms with E-state index in [-0.39, 0.29) is 19.1 Å². The Labute approximate surface area is 118 Å². The summed E-state index contributed by atoms with van der Waals surface area (Å²) in [5, 5.41) is 8.45. The van der Waals surface area contributed by atoms with Crippen LogP contribution in [-0.4, -0.2) is 61.3 Å². The van der Waals surface area contributed by atoms with Gasteiger partial charge in [0.15, 0.2) is 0 Å². The lowest BCUT2D eigenvalue weighted by Gasteiger charge is -2.25. The highest BCUT2D eigenvalue weighted by molar-refractivity contribution is 5.83. The monoisotopic (exact) mass is 289 g/mol. The van der Waals surface area contributed by atoms with Gasteiger partial charge in [-0.25, -0.2) is 4.79 Å².